The van der Waals surface area contributed by atoms with E-state index in [2.05, 4.69) is 15.3 Å². The van der Waals surface area contributed by atoms with E-state index in [1.54, 1.807) is 20.3 Å². The summed E-state index contributed by atoms with van der Waals surface area (Å²) in [6.07, 6.45) is 0.615. The molecule has 2 aromatic heterocycles. The zero-order valence-electron chi connectivity index (χ0n) is 19.6. The van der Waals surface area contributed by atoms with Crippen LogP contribution in [0.2, 0.25) is 0 Å². The Balaban J connectivity index is 1.46. The van der Waals surface area contributed by atoms with Gasteiger partial charge in [0.05, 0.1) is 31.2 Å². The molecule has 0 aliphatic heterocycles. The smallest absolute Gasteiger partial charge is 0.283 e. The molecule has 10 heteroatoms. The first-order chi connectivity index (χ1) is 16.9. The summed E-state index contributed by atoms with van der Waals surface area (Å²) in [6, 6.07) is 13.0. The topological polar surface area (TPSA) is 98.2 Å². The molecule has 182 valence electrons. The van der Waals surface area contributed by atoms with Gasteiger partial charge in [0.2, 0.25) is 5.91 Å². The van der Waals surface area contributed by atoms with E-state index < -0.39 is 5.82 Å². The number of halogens is 1. The molecule has 0 bridgehead atoms. The van der Waals surface area contributed by atoms with Crippen molar-refractivity contribution in [3.05, 3.63) is 76.0 Å². The Kier molecular flexibility index (Phi) is 7.40. The average Bonchev–Trinajstić information content (AvgIpc) is 3.24. The molecule has 8 nitrogen and oxygen atoms in total. The number of nitrogens with one attached hydrogen (secondary N) is 2. The minimum Gasteiger partial charge on any atom is -0.493 e. The number of fused-ring (bicyclic) bond motifs is 1. The summed E-state index contributed by atoms with van der Waals surface area (Å²) in [4.78, 5) is 33.3. The van der Waals surface area contributed by atoms with Crippen molar-refractivity contribution in [3.63, 3.8) is 0 Å². The highest BCUT2D eigenvalue weighted by Gasteiger charge is 2.16. The lowest BCUT2D eigenvalue weighted by Gasteiger charge is -2.12. The molecule has 4 rings (SSSR count). The van der Waals surface area contributed by atoms with Crippen LogP contribution in [0.1, 0.15) is 11.3 Å². The SMILES string of the molecule is COc1ccc(CCNC(=O)CSc2nc3cc(C)[nH]c3c(=O)n2-c2ccc(F)cc2)cc1OC. The third kappa shape index (κ3) is 5.48. The van der Waals surface area contributed by atoms with Crippen LogP contribution in [-0.4, -0.2) is 47.0 Å². The number of ether oxygens (including phenoxy) is 2. The van der Waals surface area contributed by atoms with Gasteiger partial charge in [-0.3, -0.25) is 14.2 Å². The second-order valence-electron chi connectivity index (χ2n) is 7.80. The first-order valence-corrected chi connectivity index (χ1v) is 11.9. The number of nitrogens with zero attached hydrogens (tertiary/aromatic N) is 2. The molecule has 0 atom stereocenters. The number of carbonyl (C=O) groups is 1. The molecule has 0 unspecified atom stereocenters. The van der Waals surface area contributed by atoms with E-state index in [9.17, 15) is 14.0 Å². The lowest BCUT2D eigenvalue weighted by molar-refractivity contribution is -0.118. The van der Waals surface area contributed by atoms with Crippen molar-refractivity contribution in [2.45, 2.75) is 18.5 Å². The van der Waals surface area contributed by atoms with Gasteiger partial charge in [0.25, 0.3) is 5.56 Å². The molecule has 1 amide bonds. The van der Waals surface area contributed by atoms with Gasteiger partial charge in [-0.2, -0.15) is 0 Å². The number of amides is 1. The summed E-state index contributed by atoms with van der Waals surface area (Å²) in [6.45, 7) is 2.27. The normalized spacial score (nSPS) is 11.0. The quantitative estimate of drug-likeness (QED) is 0.271. The lowest BCUT2D eigenvalue weighted by atomic mass is 10.1. The van der Waals surface area contributed by atoms with Crippen molar-refractivity contribution >= 4 is 28.7 Å². The molecular formula is C25H25FN4O4S. The zero-order chi connectivity index (χ0) is 24.9. The van der Waals surface area contributed by atoms with Gasteiger partial charge >= 0.3 is 0 Å². The third-order valence-corrected chi connectivity index (χ3v) is 6.30. The van der Waals surface area contributed by atoms with Gasteiger partial charge in [-0.1, -0.05) is 17.8 Å². The van der Waals surface area contributed by atoms with Gasteiger partial charge in [-0.25, -0.2) is 9.37 Å². The zero-order valence-corrected chi connectivity index (χ0v) is 20.4. The van der Waals surface area contributed by atoms with Gasteiger partial charge in [0, 0.05) is 12.2 Å². The Morgan fingerprint density at radius 3 is 2.57 bits per heavy atom. The minimum absolute atomic E-state index is 0.0640. The van der Waals surface area contributed by atoms with Gasteiger partial charge in [-0.05, 0) is 61.4 Å². The summed E-state index contributed by atoms with van der Waals surface area (Å²) in [5, 5.41) is 3.24. The molecule has 0 aliphatic carbocycles. The Morgan fingerprint density at radius 1 is 1.11 bits per heavy atom. The van der Waals surface area contributed by atoms with Crippen LogP contribution >= 0.6 is 11.8 Å². The van der Waals surface area contributed by atoms with Crippen LogP contribution in [-0.2, 0) is 11.2 Å². The highest BCUT2D eigenvalue weighted by atomic mass is 32.2. The Labute approximate surface area is 205 Å². The van der Waals surface area contributed by atoms with Gasteiger partial charge in [0.1, 0.15) is 11.3 Å². The fraction of sp³-hybridized carbons (Fsp3) is 0.240. The van der Waals surface area contributed by atoms with Crippen molar-refractivity contribution in [1.82, 2.24) is 19.9 Å². The Bertz CT molecular complexity index is 1420. The molecule has 0 saturated carbocycles. The first kappa shape index (κ1) is 24.3. The second-order valence-corrected chi connectivity index (χ2v) is 8.74. The predicted molar refractivity (Wildman–Crippen MR) is 133 cm³/mol. The lowest BCUT2D eigenvalue weighted by Crippen LogP contribution is -2.28. The van der Waals surface area contributed by atoms with Gasteiger partial charge in [0.15, 0.2) is 16.7 Å². The van der Waals surface area contributed by atoms with E-state index in [4.69, 9.17) is 9.47 Å². The highest BCUT2D eigenvalue weighted by molar-refractivity contribution is 7.99. The van der Waals surface area contributed by atoms with Crippen LogP contribution < -0.4 is 20.3 Å². The highest BCUT2D eigenvalue weighted by Crippen LogP contribution is 2.27. The summed E-state index contributed by atoms with van der Waals surface area (Å²) >= 11 is 1.15. The van der Waals surface area contributed by atoms with Crippen LogP contribution in [0.25, 0.3) is 16.7 Å². The molecule has 4 aromatic rings. The maximum atomic E-state index is 13.5. The number of hydrogen-bond donors (Lipinski definition) is 2. The van der Waals surface area contributed by atoms with Crippen molar-refractivity contribution in [3.8, 4) is 17.2 Å². The van der Waals surface area contributed by atoms with Gasteiger partial charge in [-0.15, -0.1) is 0 Å². The number of methoxy groups -OCH3 is 2. The van der Waals surface area contributed by atoms with Crippen LogP contribution in [0.5, 0.6) is 11.5 Å². The van der Waals surface area contributed by atoms with E-state index in [0.29, 0.717) is 46.3 Å². The number of aromatic nitrogens is 3. The van der Waals surface area contributed by atoms with Crippen molar-refractivity contribution in [1.29, 1.82) is 0 Å². The molecule has 35 heavy (non-hydrogen) atoms. The Hall–Kier alpha value is -3.79. The van der Waals surface area contributed by atoms with E-state index in [-0.39, 0.29) is 17.2 Å². The average molecular weight is 497 g/mol. The maximum absolute atomic E-state index is 13.5. The summed E-state index contributed by atoms with van der Waals surface area (Å²) in [5.41, 5.74) is 2.82. The molecule has 2 aromatic carbocycles. The van der Waals surface area contributed by atoms with Crippen molar-refractivity contribution in [2.75, 3.05) is 26.5 Å². The monoisotopic (exact) mass is 496 g/mol. The number of thioether (sulfide) groups is 1. The number of hydrogen-bond acceptors (Lipinski definition) is 6. The molecule has 0 radical (unpaired) electrons. The molecule has 2 heterocycles. The number of aromatic amines is 1. The van der Waals surface area contributed by atoms with Crippen LogP contribution in [0.3, 0.4) is 0 Å². The number of benzene rings is 2. The Morgan fingerprint density at radius 2 is 1.86 bits per heavy atom. The fourth-order valence-electron chi connectivity index (χ4n) is 3.66. The number of rotatable bonds is 9. The van der Waals surface area contributed by atoms with Crippen LogP contribution in [0, 0.1) is 12.7 Å². The molecule has 0 aliphatic rings. The van der Waals surface area contributed by atoms with E-state index >= 15 is 0 Å². The summed E-state index contributed by atoms with van der Waals surface area (Å²) < 4.78 is 25.4. The molecular weight excluding hydrogens is 471 g/mol. The molecule has 0 saturated heterocycles. The molecule has 0 fully saturated rings. The maximum Gasteiger partial charge on any atom is 0.283 e. The molecule has 2 N–H and O–H groups in total. The van der Waals surface area contributed by atoms with Crippen LogP contribution in [0.4, 0.5) is 4.39 Å². The first-order valence-electron chi connectivity index (χ1n) is 10.9. The van der Waals surface area contributed by atoms with Gasteiger partial charge < -0.3 is 19.8 Å². The van der Waals surface area contributed by atoms with Crippen molar-refractivity contribution in [2.24, 2.45) is 0 Å². The largest absolute Gasteiger partial charge is 0.493 e. The van der Waals surface area contributed by atoms with E-state index in [1.807, 2.05) is 25.1 Å². The standard InChI is InChI=1S/C25H25FN4O4S/c1-15-12-19-23(28-15)24(32)30(18-7-5-17(26)6-8-18)25(29-19)35-14-22(31)27-11-10-16-4-9-20(33-2)21(13-16)34-3/h4-9,12-13,28H,10-11,14H2,1-3H3,(H,27,31). The number of aryl methyl sites for hydroxylation is 1. The second kappa shape index (κ2) is 10.6. The van der Waals surface area contributed by atoms with E-state index in [1.165, 1.54) is 28.8 Å². The van der Waals surface area contributed by atoms with Crippen LogP contribution in [0.15, 0.2) is 58.5 Å². The summed E-state index contributed by atoms with van der Waals surface area (Å²) in [7, 11) is 3.15. The summed E-state index contributed by atoms with van der Waals surface area (Å²) in [5.74, 6) is 0.738. The van der Waals surface area contributed by atoms with E-state index in [0.717, 1.165) is 23.0 Å². The predicted octanol–water partition coefficient (Wildman–Crippen LogP) is 3.63. The number of H-pyrrole nitrogens is 1. The number of carbonyl (C=O) groups excluding carboxylic acids is 1. The minimum atomic E-state index is -0.408. The van der Waals surface area contributed by atoms with Crippen molar-refractivity contribution < 1.29 is 18.7 Å². The third-order valence-electron chi connectivity index (χ3n) is 5.36. The molecule has 0 spiro atoms. The fourth-order valence-corrected chi connectivity index (χ4v) is 4.50.